The van der Waals surface area contributed by atoms with Crippen LogP contribution in [-0.4, -0.2) is 30.9 Å². The standard InChI is InChI=1S/C17H23N5O2/c1-9(23)14-15(21-22(2)16(14)18)10-5-11-7-17(24,8-12(11)6-10)13-3-4-19-20-13/h3-4,10-12,24H,5-8,18H2,1-2H3,(H,19,20). The summed E-state index contributed by atoms with van der Waals surface area (Å²) in [5.41, 5.74) is 7.44. The van der Waals surface area contributed by atoms with E-state index < -0.39 is 5.60 Å². The normalized spacial score (nSPS) is 32.2. The van der Waals surface area contributed by atoms with Gasteiger partial charge in [0.05, 0.1) is 17.0 Å². The van der Waals surface area contributed by atoms with E-state index in [0.717, 1.165) is 37.1 Å². The average Bonchev–Trinajstić information content (AvgIpc) is 3.22. The number of hydrogen-bond acceptors (Lipinski definition) is 5. The van der Waals surface area contributed by atoms with Gasteiger partial charge in [-0.25, -0.2) is 0 Å². The molecule has 7 nitrogen and oxygen atoms in total. The molecule has 2 aromatic heterocycles. The summed E-state index contributed by atoms with van der Waals surface area (Å²) < 4.78 is 1.60. The van der Waals surface area contributed by atoms with Crippen molar-refractivity contribution >= 4 is 11.6 Å². The molecule has 2 saturated carbocycles. The maximum absolute atomic E-state index is 12.0. The van der Waals surface area contributed by atoms with Gasteiger partial charge in [0, 0.05) is 19.2 Å². The Bertz CT molecular complexity index is 765. The molecule has 2 unspecified atom stereocenters. The highest BCUT2D eigenvalue weighted by atomic mass is 16.3. The van der Waals surface area contributed by atoms with Crippen molar-refractivity contribution in [2.45, 2.75) is 44.1 Å². The van der Waals surface area contributed by atoms with E-state index in [9.17, 15) is 9.90 Å². The molecule has 7 heteroatoms. The topological polar surface area (TPSA) is 110 Å². The molecule has 128 valence electrons. The summed E-state index contributed by atoms with van der Waals surface area (Å²) in [4.78, 5) is 12.0. The summed E-state index contributed by atoms with van der Waals surface area (Å²) in [5, 5.41) is 22.3. The van der Waals surface area contributed by atoms with E-state index in [4.69, 9.17) is 5.73 Å². The van der Waals surface area contributed by atoms with Crippen molar-refractivity contribution in [1.82, 2.24) is 20.0 Å². The molecule has 0 spiro atoms. The fourth-order valence-electron chi connectivity index (χ4n) is 4.83. The van der Waals surface area contributed by atoms with Crippen LogP contribution in [-0.2, 0) is 12.6 Å². The summed E-state index contributed by atoms with van der Waals surface area (Å²) in [6.07, 6.45) is 5.03. The predicted molar refractivity (Wildman–Crippen MR) is 88.3 cm³/mol. The number of rotatable bonds is 3. The number of hydrogen-bond donors (Lipinski definition) is 3. The van der Waals surface area contributed by atoms with Gasteiger partial charge in [0.15, 0.2) is 5.78 Å². The molecule has 2 fully saturated rings. The molecule has 2 heterocycles. The number of carbonyl (C=O) groups excluding carboxylic acids is 1. The van der Waals surface area contributed by atoms with E-state index >= 15 is 0 Å². The number of aliphatic hydroxyl groups is 1. The molecule has 0 aromatic carbocycles. The van der Waals surface area contributed by atoms with Crippen molar-refractivity contribution < 1.29 is 9.90 Å². The largest absolute Gasteiger partial charge is 0.384 e. The van der Waals surface area contributed by atoms with Gasteiger partial charge >= 0.3 is 0 Å². The van der Waals surface area contributed by atoms with Gasteiger partial charge in [-0.3, -0.25) is 14.6 Å². The Labute approximate surface area is 140 Å². The number of nitrogen functional groups attached to an aromatic ring is 1. The van der Waals surface area contributed by atoms with Crippen molar-refractivity contribution in [3.05, 3.63) is 29.2 Å². The van der Waals surface area contributed by atoms with Gasteiger partial charge in [0.2, 0.25) is 0 Å². The summed E-state index contributed by atoms with van der Waals surface area (Å²) in [5.74, 6) is 1.54. The van der Waals surface area contributed by atoms with Crippen LogP contribution >= 0.6 is 0 Å². The zero-order valence-electron chi connectivity index (χ0n) is 14.0. The fraction of sp³-hybridized carbons (Fsp3) is 0.588. The smallest absolute Gasteiger partial charge is 0.165 e. The van der Waals surface area contributed by atoms with Crippen LogP contribution in [0.4, 0.5) is 5.82 Å². The minimum Gasteiger partial charge on any atom is -0.384 e. The summed E-state index contributed by atoms with van der Waals surface area (Å²) >= 11 is 0. The molecular formula is C17H23N5O2. The minimum absolute atomic E-state index is 0.0263. The number of nitrogens with one attached hydrogen (secondary N) is 1. The molecule has 0 amide bonds. The Morgan fingerprint density at radius 2 is 2.08 bits per heavy atom. The lowest BCUT2D eigenvalue weighted by atomic mass is 9.89. The quantitative estimate of drug-likeness (QED) is 0.743. The predicted octanol–water partition coefficient (Wildman–Crippen LogP) is 1.72. The molecule has 24 heavy (non-hydrogen) atoms. The van der Waals surface area contributed by atoms with Crippen LogP contribution in [0.1, 0.15) is 60.3 Å². The monoisotopic (exact) mass is 329 g/mol. The first kappa shape index (κ1) is 15.4. The molecule has 2 aliphatic carbocycles. The molecule has 0 bridgehead atoms. The van der Waals surface area contributed by atoms with Crippen molar-refractivity contribution in [3.8, 4) is 0 Å². The number of ketones is 1. The van der Waals surface area contributed by atoms with E-state index in [0.29, 0.717) is 23.2 Å². The second-order valence-electron chi connectivity index (χ2n) is 7.42. The zero-order chi connectivity index (χ0) is 17.1. The maximum Gasteiger partial charge on any atom is 0.165 e. The SMILES string of the molecule is CC(=O)c1c(C2CC3CC(O)(c4ccn[nH]4)CC3C2)nn(C)c1N. The zero-order valence-corrected chi connectivity index (χ0v) is 14.0. The number of aromatic amines is 1. The third kappa shape index (κ3) is 2.18. The van der Waals surface area contributed by atoms with Crippen LogP contribution in [0.25, 0.3) is 0 Å². The Morgan fingerprint density at radius 3 is 2.62 bits per heavy atom. The maximum atomic E-state index is 12.0. The first-order chi connectivity index (χ1) is 11.4. The number of aryl methyl sites for hydroxylation is 1. The third-order valence-electron chi connectivity index (χ3n) is 5.90. The second kappa shape index (κ2) is 5.17. The molecule has 2 atom stereocenters. The summed E-state index contributed by atoms with van der Waals surface area (Å²) in [6, 6.07) is 1.85. The van der Waals surface area contributed by atoms with E-state index in [-0.39, 0.29) is 11.7 Å². The summed E-state index contributed by atoms with van der Waals surface area (Å²) in [7, 11) is 1.78. The molecule has 2 aromatic rings. The summed E-state index contributed by atoms with van der Waals surface area (Å²) in [6.45, 7) is 1.55. The lowest BCUT2D eigenvalue weighted by Gasteiger charge is -2.23. The van der Waals surface area contributed by atoms with Gasteiger partial charge in [-0.15, -0.1) is 0 Å². The molecule has 0 saturated heterocycles. The lowest BCUT2D eigenvalue weighted by molar-refractivity contribution is 0.0300. The van der Waals surface area contributed by atoms with Crippen LogP contribution in [0.5, 0.6) is 0 Å². The molecule has 0 radical (unpaired) electrons. The second-order valence-corrected chi connectivity index (χ2v) is 7.42. The van der Waals surface area contributed by atoms with E-state index in [1.807, 2.05) is 6.07 Å². The number of Topliss-reactive ketones (excluding diaryl/α,β-unsaturated/α-hetero) is 1. The number of nitrogens with zero attached hydrogens (tertiary/aromatic N) is 3. The highest BCUT2D eigenvalue weighted by Crippen LogP contribution is 2.56. The highest BCUT2D eigenvalue weighted by molar-refractivity contribution is 5.99. The van der Waals surface area contributed by atoms with Gasteiger partial charge in [-0.2, -0.15) is 10.2 Å². The third-order valence-corrected chi connectivity index (χ3v) is 5.90. The number of aromatic nitrogens is 4. The fourth-order valence-corrected chi connectivity index (χ4v) is 4.83. The van der Waals surface area contributed by atoms with Gasteiger partial charge < -0.3 is 10.8 Å². The number of H-pyrrole nitrogens is 1. The first-order valence-electron chi connectivity index (χ1n) is 8.44. The van der Waals surface area contributed by atoms with Crippen LogP contribution in [0, 0.1) is 11.8 Å². The van der Waals surface area contributed by atoms with Crippen LogP contribution in [0.2, 0.25) is 0 Å². The average molecular weight is 329 g/mol. The Balaban J connectivity index is 1.57. The van der Waals surface area contributed by atoms with Crippen LogP contribution < -0.4 is 5.73 Å². The van der Waals surface area contributed by atoms with E-state index in [2.05, 4.69) is 15.3 Å². The number of fused-ring (bicyclic) bond motifs is 1. The number of carbonyl (C=O) groups is 1. The Morgan fingerprint density at radius 1 is 1.42 bits per heavy atom. The molecular weight excluding hydrogens is 306 g/mol. The minimum atomic E-state index is -0.802. The first-order valence-corrected chi connectivity index (χ1v) is 8.44. The molecule has 4 rings (SSSR count). The van der Waals surface area contributed by atoms with Gasteiger partial charge in [0.1, 0.15) is 11.4 Å². The van der Waals surface area contributed by atoms with E-state index in [1.54, 1.807) is 24.9 Å². The van der Waals surface area contributed by atoms with Crippen molar-refractivity contribution in [3.63, 3.8) is 0 Å². The number of nitrogens with two attached hydrogens (primary N) is 1. The Kier molecular flexibility index (Phi) is 3.32. The molecule has 0 aliphatic heterocycles. The molecule has 2 aliphatic rings. The molecule has 4 N–H and O–H groups in total. The Hall–Kier alpha value is -2.15. The highest BCUT2D eigenvalue weighted by Gasteiger charge is 2.51. The van der Waals surface area contributed by atoms with Crippen LogP contribution in [0.15, 0.2) is 12.3 Å². The van der Waals surface area contributed by atoms with Crippen molar-refractivity contribution in [2.75, 3.05) is 5.73 Å². The van der Waals surface area contributed by atoms with E-state index in [1.165, 1.54) is 0 Å². The van der Waals surface area contributed by atoms with Gasteiger partial charge in [0.25, 0.3) is 0 Å². The van der Waals surface area contributed by atoms with Crippen molar-refractivity contribution in [1.29, 1.82) is 0 Å². The van der Waals surface area contributed by atoms with Crippen molar-refractivity contribution in [2.24, 2.45) is 18.9 Å². The number of anilines is 1. The van der Waals surface area contributed by atoms with Crippen LogP contribution in [0.3, 0.4) is 0 Å². The van der Waals surface area contributed by atoms with Gasteiger partial charge in [-0.05, 0) is 50.5 Å². The lowest BCUT2D eigenvalue weighted by Crippen LogP contribution is -2.23. The van der Waals surface area contributed by atoms with Gasteiger partial charge in [-0.1, -0.05) is 0 Å².